The van der Waals surface area contributed by atoms with Crippen molar-refractivity contribution >= 4 is 17.3 Å². The fourth-order valence-corrected chi connectivity index (χ4v) is 1.70. The Morgan fingerprint density at radius 1 is 1.43 bits per heavy atom. The Hall–Kier alpha value is -3.03. The largest absolute Gasteiger partial charge is 0.289 e. The fourth-order valence-electron chi connectivity index (χ4n) is 1.70. The van der Waals surface area contributed by atoms with Crippen LogP contribution in [0.3, 0.4) is 0 Å². The van der Waals surface area contributed by atoms with Gasteiger partial charge in [0.05, 0.1) is 10.6 Å². The van der Waals surface area contributed by atoms with Gasteiger partial charge in [-0.1, -0.05) is 12.1 Å². The molecule has 1 heterocycles. The van der Waals surface area contributed by atoms with E-state index in [9.17, 15) is 14.9 Å². The van der Waals surface area contributed by atoms with Crippen LogP contribution in [0, 0.1) is 10.1 Å². The smallest absolute Gasteiger partial charge is 0.266 e. The highest BCUT2D eigenvalue weighted by molar-refractivity contribution is 6.00. The van der Waals surface area contributed by atoms with E-state index < -0.39 is 10.8 Å². The summed E-state index contributed by atoms with van der Waals surface area (Å²) in [7, 11) is 1.64. The van der Waals surface area contributed by atoms with Crippen LogP contribution in [0.15, 0.2) is 41.6 Å². The number of hydrogen-bond donors (Lipinski definition) is 1. The number of non-ortho nitro benzene ring substituents is 1. The molecule has 0 fully saturated rings. The molecule has 1 aromatic carbocycles. The molecule has 0 saturated carbocycles. The number of nitrogens with one attached hydrogen (secondary N) is 1. The van der Waals surface area contributed by atoms with Crippen molar-refractivity contribution in [1.82, 2.24) is 15.2 Å². The molecule has 1 N–H and O–H groups in total. The predicted molar refractivity (Wildman–Crippen MR) is 76.0 cm³/mol. The van der Waals surface area contributed by atoms with Crippen molar-refractivity contribution in [2.24, 2.45) is 12.1 Å². The molecule has 0 radical (unpaired) electrons. The molecule has 1 aromatic heterocycles. The number of hydrogen-bond acceptors (Lipinski definition) is 5. The van der Waals surface area contributed by atoms with Crippen LogP contribution in [0.25, 0.3) is 0 Å². The van der Waals surface area contributed by atoms with Gasteiger partial charge in [0.2, 0.25) is 0 Å². The zero-order chi connectivity index (χ0) is 15.4. The number of benzene rings is 1. The van der Waals surface area contributed by atoms with E-state index in [2.05, 4.69) is 15.6 Å². The van der Waals surface area contributed by atoms with Gasteiger partial charge in [-0.25, -0.2) is 5.43 Å². The molecule has 0 saturated heterocycles. The van der Waals surface area contributed by atoms with Gasteiger partial charge in [-0.05, 0) is 13.0 Å². The summed E-state index contributed by atoms with van der Waals surface area (Å²) in [6, 6.07) is 7.60. The van der Waals surface area contributed by atoms with Gasteiger partial charge in [0.25, 0.3) is 11.6 Å². The van der Waals surface area contributed by atoms with Gasteiger partial charge < -0.3 is 0 Å². The number of carbonyl (C=O) groups excluding carboxylic acids is 1. The van der Waals surface area contributed by atoms with Crippen LogP contribution in [0.5, 0.6) is 0 Å². The molecule has 21 heavy (non-hydrogen) atoms. The summed E-state index contributed by atoms with van der Waals surface area (Å²) >= 11 is 0. The number of aryl methyl sites for hydroxylation is 1. The second kappa shape index (κ2) is 5.95. The van der Waals surface area contributed by atoms with Crippen molar-refractivity contribution < 1.29 is 9.72 Å². The summed E-state index contributed by atoms with van der Waals surface area (Å²) in [4.78, 5) is 22.1. The lowest BCUT2D eigenvalue weighted by molar-refractivity contribution is -0.384. The third kappa shape index (κ3) is 3.30. The molecule has 2 aromatic rings. The van der Waals surface area contributed by atoms with Gasteiger partial charge in [0.1, 0.15) is 5.69 Å². The van der Waals surface area contributed by atoms with Gasteiger partial charge in [-0.15, -0.1) is 0 Å². The molecule has 0 unspecified atom stereocenters. The van der Waals surface area contributed by atoms with Crippen LogP contribution in [0.1, 0.15) is 23.0 Å². The monoisotopic (exact) mass is 287 g/mol. The summed E-state index contributed by atoms with van der Waals surface area (Å²) in [5, 5.41) is 18.6. The number of amides is 1. The molecule has 1 amide bonds. The second-order valence-corrected chi connectivity index (χ2v) is 4.29. The molecule has 108 valence electrons. The molecule has 8 nitrogen and oxygen atoms in total. The van der Waals surface area contributed by atoms with Crippen LogP contribution < -0.4 is 5.43 Å². The number of aromatic nitrogens is 2. The standard InChI is InChI=1S/C13H13N5O3/c1-9(10-4-3-5-11(8-10)18(20)21)15-16-13(19)12-6-7-14-17(12)2/h3-8H,1-2H3,(H,16,19)/b15-9+. The molecule has 0 aliphatic carbocycles. The molecular formula is C13H13N5O3. The molecule has 0 spiro atoms. The Morgan fingerprint density at radius 3 is 2.81 bits per heavy atom. The fraction of sp³-hybridized carbons (Fsp3) is 0.154. The highest BCUT2D eigenvalue weighted by Crippen LogP contribution is 2.13. The van der Waals surface area contributed by atoms with Gasteiger partial charge in [-0.3, -0.25) is 19.6 Å². The first-order chi connectivity index (χ1) is 9.99. The molecule has 8 heteroatoms. The van der Waals surface area contributed by atoms with E-state index in [1.165, 1.54) is 23.0 Å². The van der Waals surface area contributed by atoms with Crippen LogP contribution in [-0.4, -0.2) is 26.3 Å². The SMILES string of the molecule is C/C(=N\NC(=O)c1ccnn1C)c1cccc([N+](=O)[O-])c1. The minimum atomic E-state index is -0.481. The highest BCUT2D eigenvalue weighted by Gasteiger charge is 2.10. The minimum absolute atomic E-state index is 0.0278. The van der Waals surface area contributed by atoms with E-state index in [4.69, 9.17) is 0 Å². The van der Waals surface area contributed by atoms with E-state index in [0.29, 0.717) is 17.0 Å². The van der Waals surface area contributed by atoms with Crippen LogP contribution in [0.2, 0.25) is 0 Å². The van der Waals surface area contributed by atoms with E-state index in [-0.39, 0.29) is 5.69 Å². The third-order valence-electron chi connectivity index (χ3n) is 2.85. The maximum atomic E-state index is 11.9. The normalized spacial score (nSPS) is 11.2. The van der Waals surface area contributed by atoms with Crippen molar-refractivity contribution in [3.05, 3.63) is 57.9 Å². The highest BCUT2D eigenvalue weighted by atomic mass is 16.6. The van der Waals surface area contributed by atoms with Crippen molar-refractivity contribution in [2.75, 3.05) is 0 Å². The minimum Gasteiger partial charge on any atom is -0.266 e. The van der Waals surface area contributed by atoms with Gasteiger partial charge in [0, 0.05) is 30.9 Å². The Kier molecular flexibility index (Phi) is 4.07. The van der Waals surface area contributed by atoms with Crippen LogP contribution in [0.4, 0.5) is 5.69 Å². The maximum Gasteiger partial charge on any atom is 0.289 e. The summed E-state index contributed by atoms with van der Waals surface area (Å²) in [5.74, 6) is -0.403. The van der Waals surface area contributed by atoms with E-state index >= 15 is 0 Å². The van der Waals surface area contributed by atoms with Gasteiger partial charge >= 0.3 is 0 Å². The molecular weight excluding hydrogens is 274 g/mol. The van der Waals surface area contributed by atoms with Crippen LogP contribution >= 0.6 is 0 Å². The predicted octanol–water partition coefficient (Wildman–Crippen LogP) is 1.48. The molecule has 0 aliphatic heterocycles. The van der Waals surface area contributed by atoms with Crippen molar-refractivity contribution in [1.29, 1.82) is 0 Å². The van der Waals surface area contributed by atoms with E-state index in [1.807, 2.05) is 0 Å². The first-order valence-electron chi connectivity index (χ1n) is 6.06. The first kappa shape index (κ1) is 14.4. The lowest BCUT2D eigenvalue weighted by Crippen LogP contribution is -2.22. The number of nitrogens with zero attached hydrogens (tertiary/aromatic N) is 4. The number of carbonyl (C=O) groups is 1. The summed E-state index contributed by atoms with van der Waals surface area (Å²) in [6.07, 6.45) is 1.51. The topological polar surface area (TPSA) is 102 Å². The molecule has 0 aliphatic rings. The number of rotatable bonds is 4. The van der Waals surface area contributed by atoms with Crippen molar-refractivity contribution in [2.45, 2.75) is 6.92 Å². The number of nitro benzene ring substituents is 1. The second-order valence-electron chi connectivity index (χ2n) is 4.29. The number of nitro groups is 1. The quantitative estimate of drug-likeness (QED) is 0.522. The van der Waals surface area contributed by atoms with Crippen LogP contribution in [-0.2, 0) is 7.05 Å². The molecule has 0 bridgehead atoms. The lowest BCUT2D eigenvalue weighted by atomic mass is 10.1. The maximum absolute atomic E-state index is 11.9. The average Bonchev–Trinajstić information content (AvgIpc) is 2.90. The molecule has 0 atom stereocenters. The molecule has 2 rings (SSSR count). The van der Waals surface area contributed by atoms with E-state index in [1.54, 1.807) is 32.2 Å². The van der Waals surface area contributed by atoms with Gasteiger partial charge in [-0.2, -0.15) is 10.2 Å². The van der Waals surface area contributed by atoms with Gasteiger partial charge in [0.15, 0.2) is 0 Å². The van der Waals surface area contributed by atoms with Crippen molar-refractivity contribution in [3.63, 3.8) is 0 Å². The Bertz CT molecular complexity index is 720. The zero-order valence-corrected chi connectivity index (χ0v) is 11.5. The third-order valence-corrected chi connectivity index (χ3v) is 2.85. The summed E-state index contributed by atoms with van der Waals surface area (Å²) in [6.45, 7) is 1.66. The lowest BCUT2D eigenvalue weighted by Gasteiger charge is -2.03. The summed E-state index contributed by atoms with van der Waals surface area (Å²) in [5.41, 5.74) is 3.76. The number of hydrazone groups is 1. The Labute approximate surface area is 120 Å². The van der Waals surface area contributed by atoms with E-state index in [0.717, 1.165) is 0 Å². The average molecular weight is 287 g/mol. The first-order valence-corrected chi connectivity index (χ1v) is 6.06. The Balaban J connectivity index is 2.14. The zero-order valence-electron chi connectivity index (χ0n) is 11.5. The van der Waals surface area contributed by atoms with Crippen molar-refractivity contribution in [3.8, 4) is 0 Å². The summed E-state index contributed by atoms with van der Waals surface area (Å²) < 4.78 is 1.42. The Morgan fingerprint density at radius 2 is 2.19 bits per heavy atom.